The first-order valence-corrected chi connectivity index (χ1v) is 7.50. The number of nitrogens with one attached hydrogen (secondary N) is 1. The van der Waals surface area contributed by atoms with E-state index < -0.39 is 0 Å². The molecule has 0 saturated carbocycles. The van der Waals surface area contributed by atoms with Crippen LogP contribution in [0.3, 0.4) is 0 Å². The quantitative estimate of drug-likeness (QED) is 0.861. The fraction of sp³-hybridized carbons (Fsp3) is 0.562. The molecule has 1 aromatic heterocycles. The Morgan fingerprint density at radius 2 is 2.19 bits per heavy atom. The van der Waals surface area contributed by atoms with Crippen molar-refractivity contribution < 1.29 is 4.79 Å². The van der Waals surface area contributed by atoms with Gasteiger partial charge in [0.25, 0.3) is 0 Å². The van der Waals surface area contributed by atoms with Crippen molar-refractivity contribution in [1.29, 1.82) is 0 Å². The van der Waals surface area contributed by atoms with Gasteiger partial charge in [0.05, 0.1) is 0 Å². The molecule has 0 fully saturated rings. The number of amides is 1. The monoisotopic (exact) mass is 289 g/mol. The molecule has 21 heavy (non-hydrogen) atoms. The van der Waals surface area contributed by atoms with Gasteiger partial charge in [0.1, 0.15) is 6.54 Å². The minimum absolute atomic E-state index is 0.0234. The van der Waals surface area contributed by atoms with Crippen molar-refractivity contribution in [3.63, 3.8) is 0 Å². The van der Waals surface area contributed by atoms with Crippen LogP contribution >= 0.6 is 0 Å². The topological polar surface area (TPSA) is 64.0 Å². The molecule has 0 radical (unpaired) electrons. The van der Waals surface area contributed by atoms with Crippen LogP contribution in [-0.2, 0) is 11.3 Å². The molecule has 1 atom stereocenters. The van der Waals surface area contributed by atoms with Crippen LogP contribution in [0.15, 0.2) is 22.5 Å². The van der Waals surface area contributed by atoms with E-state index in [1.165, 1.54) is 23.0 Å². The van der Waals surface area contributed by atoms with Gasteiger partial charge in [0, 0.05) is 17.4 Å². The normalized spacial score (nSPS) is 16.2. The molecule has 1 N–H and O–H groups in total. The highest BCUT2D eigenvalue weighted by Gasteiger charge is 2.15. The molecule has 0 spiro atoms. The summed E-state index contributed by atoms with van der Waals surface area (Å²) in [5.74, 6) is -0.148. The predicted molar refractivity (Wildman–Crippen MR) is 82.1 cm³/mol. The number of hydrogen-bond donors (Lipinski definition) is 1. The number of carbonyl (C=O) groups is 1. The lowest BCUT2D eigenvalue weighted by molar-refractivity contribution is -0.122. The van der Waals surface area contributed by atoms with E-state index in [-0.39, 0.29) is 24.2 Å². The van der Waals surface area contributed by atoms with Crippen molar-refractivity contribution in [1.82, 2.24) is 14.9 Å². The van der Waals surface area contributed by atoms with Crippen molar-refractivity contribution in [2.45, 2.75) is 59.0 Å². The molecule has 5 nitrogen and oxygen atoms in total. The van der Waals surface area contributed by atoms with Crippen LogP contribution in [0.4, 0.5) is 0 Å². The lowest BCUT2D eigenvalue weighted by atomic mass is 9.95. The summed E-state index contributed by atoms with van der Waals surface area (Å²) >= 11 is 0. The summed E-state index contributed by atoms with van der Waals surface area (Å²) in [6.07, 6.45) is 6.78. The van der Waals surface area contributed by atoms with Crippen molar-refractivity contribution in [2.75, 3.05) is 0 Å². The maximum absolute atomic E-state index is 12.1. The zero-order valence-electron chi connectivity index (χ0n) is 13.0. The molecule has 5 heteroatoms. The first-order valence-electron chi connectivity index (χ1n) is 7.50. The van der Waals surface area contributed by atoms with Gasteiger partial charge in [-0.1, -0.05) is 11.6 Å². The van der Waals surface area contributed by atoms with Gasteiger partial charge in [0.2, 0.25) is 5.91 Å². The number of aromatic nitrogens is 2. The predicted octanol–water partition coefficient (Wildman–Crippen LogP) is 1.87. The third kappa shape index (κ3) is 4.03. The highest BCUT2D eigenvalue weighted by Crippen LogP contribution is 2.19. The number of allylic oxidation sites excluding steroid dienone is 1. The Morgan fingerprint density at radius 3 is 2.81 bits per heavy atom. The van der Waals surface area contributed by atoms with E-state index in [9.17, 15) is 9.59 Å². The Labute approximate surface area is 125 Å². The molecule has 2 rings (SSSR count). The first-order chi connectivity index (χ1) is 9.97. The van der Waals surface area contributed by atoms with Crippen molar-refractivity contribution in [3.05, 3.63) is 39.6 Å². The number of hydrogen-bond acceptors (Lipinski definition) is 3. The maximum atomic E-state index is 12.1. The lowest BCUT2D eigenvalue weighted by Crippen LogP contribution is -2.39. The van der Waals surface area contributed by atoms with Gasteiger partial charge in [-0.3, -0.25) is 9.36 Å². The molecular formula is C16H23N3O2. The molecule has 0 aromatic carbocycles. The van der Waals surface area contributed by atoms with E-state index in [4.69, 9.17) is 0 Å². The molecule has 0 bridgehead atoms. The molecular weight excluding hydrogens is 266 g/mol. The van der Waals surface area contributed by atoms with Crippen molar-refractivity contribution in [2.24, 2.45) is 0 Å². The van der Waals surface area contributed by atoms with Gasteiger partial charge >= 0.3 is 5.69 Å². The van der Waals surface area contributed by atoms with Crippen LogP contribution in [0.2, 0.25) is 0 Å². The highest BCUT2D eigenvalue weighted by atomic mass is 16.2. The number of nitrogens with zero attached hydrogens (tertiary/aromatic N) is 2. The number of aryl methyl sites for hydroxylation is 2. The zero-order chi connectivity index (χ0) is 15.4. The highest BCUT2D eigenvalue weighted by molar-refractivity contribution is 5.76. The van der Waals surface area contributed by atoms with Gasteiger partial charge in [-0.2, -0.15) is 4.98 Å². The Balaban J connectivity index is 2.02. The molecule has 1 aromatic rings. The summed E-state index contributed by atoms with van der Waals surface area (Å²) in [7, 11) is 0. The third-order valence-electron chi connectivity index (χ3n) is 3.91. The molecule has 0 unspecified atom stereocenters. The van der Waals surface area contributed by atoms with E-state index >= 15 is 0 Å². The van der Waals surface area contributed by atoms with Crippen LogP contribution in [-0.4, -0.2) is 21.5 Å². The minimum atomic E-state index is -0.368. The van der Waals surface area contributed by atoms with E-state index in [1.54, 1.807) is 6.92 Å². The van der Waals surface area contributed by atoms with Gasteiger partial charge in [0.15, 0.2) is 0 Å². The fourth-order valence-electron chi connectivity index (χ4n) is 2.75. The largest absolute Gasteiger partial charge is 0.348 e. The molecule has 1 aliphatic carbocycles. The Morgan fingerprint density at radius 1 is 1.43 bits per heavy atom. The van der Waals surface area contributed by atoms with E-state index in [2.05, 4.69) is 16.4 Å². The Kier molecular flexibility index (Phi) is 4.94. The van der Waals surface area contributed by atoms with Crippen molar-refractivity contribution in [3.8, 4) is 0 Å². The molecule has 114 valence electrons. The van der Waals surface area contributed by atoms with Crippen LogP contribution in [0, 0.1) is 13.8 Å². The molecule has 1 heterocycles. The second kappa shape index (κ2) is 6.70. The van der Waals surface area contributed by atoms with Gasteiger partial charge in [-0.25, -0.2) is 4.79 Å². The molecule has 1 amide bonds. The summed E-state index contributed by atoms with van der Waals surface area (Å²) in [5, 5.41) is 2.97. The number of carbonyl (C=O) groups excluding carboxylic acids is 1. The maximum Gasteiger partial charge on any atom is 0.348 e. The molecule has 0 aliphatic heterocycles. The third-order valence-corrected chi connectivity index (χ3v) is 3.91. The summed E-state index contributed by atoms with van der Waals surface area (Å²) < 4.78 is 1.41. The van der Waals surface area contributed by atoms with E-state index in [0.717, 1.165) is 18.5 Å². The van der Waals surface area contributed by atoms with E-state index in [1.807, 2.05) is 19.9 Å². The van der Waals surface area contributed by atoms with Gasteiger partial charge < -0.3 is 5.32 Å². The van der Waals surface area contributed by atoms with Crippen LogP contribution in [0.1, 0.15) is 44.0 Å². The summed E-state index contributed by atoms with van der Waals surface area (Å²) in [6.45, 7) is 5.61. The standard InChI is InChI=1S/C16H23N3O2/c1-11-9-12(2)19(16(21)17-11)10-15(20)18-13(3)14-7-5-4-6-8-14/h7,9,13H,4-6,8,10H2,1-3H3,(H,18,20)/t13-/m0/s1. The fourth-order valence-corrected chi connectivity index (χ4v) is 2.75. The minimum Gasteiger partial charge on any atom is -0.348 e. The second-order valence-corrected chi connectivity index (χ2v) is 5.72. The zero-order valence-corrected chi connectivity index (χ0v) is 13.0. The van der Waals surface area contributed by atoms with Crippen LogP contribution in [0.5, 0.6) is 0 Å². The lowest BCUT2D eigenvalue weighted by Gasteiger charge is -2.21. The molecule has 1 aliphatic rings. The summed E-state index contributed by atoms with van der Waals surface area (Å²) in [6, 6.07) is 1.84. The van der Waals surface area contributed by atoms with Crippen molar-refractivity contribution >= 4 is 5.91 Å². The summed E-state index contributed by atoms with van der Waals surface area (Å²) in [4.78, 5) is 27.8. The van der Waals surface area contributed by atoms with Gasteiger partial charge in [-0.05, 0) is 52.5 Å². The van der Waals surface area contributed by atoms with E-state index in [0.29, 0.717) is 5.69 Å². The summed E-state index contributed by atoms with van der Waals surface area (Å²) in [5.41, 5.74) is 2.36. The smallest absolute Gasteiger partial charge is 0.348 e. The van der Waals surface area contributed by atoms with Crippen LogP contribution < -0.4 is 11.0 Å². The second-order valence-electron chi connectivity index (χ2n) is 5.72. The SMILES string of the molecule is Cc1cc(C)n(CC(=O)N[C@@H](C)C2=CCCCC2)c(=O)n1. The number of rotatable bonds is 4. The van der Waals surface area contributed by atoms with Crippen LogP contribution in [0.25, 0.3) is 0 Å². The molecule has 0 saturated heterocycles. The Hall–Kier alpha value is -1.91. The first kappa shape index (κ1) is 15.5. The Bertz CT molecular complexity index is 616. The van der Waals surface area contributed by atoms with Gasteiger partial charge in [-0.15, -0.1) is 0 Å². The average Bonchev–Trinajstić information content (AvgIpc) is 2.43. The average molecular weight is 289 g/mol.